The van der Waals surface area contributed by atoms with E-state index in [1.54, 1.807) is 6.20 Å². The normalized spacial score (nSPS) is 11.5. The number of carbonyl (C=O) groups is 1. The van der Waals surface area contributed by atoms with Crippen LogP contribution in [0.4, 0.5) is 0 Å². The molecule has 3 rings (SSSR count). The average Bonchev–Trinajstić information content (AvgIpc) is 3.15. The van der Waals surface area contributed by atoms with Crippen LogP contribution in [0.5, 0.6) is 0 Å². The van der Waals surface area contributed by atoms with Crippen LogP contribution in [0.1, 0.15) is 63.4 Å². The summed E-state index contributed by atoms with van der Waals surface area (Å²) >= 11 is 3.56. The van der Waals surface area contributed by atoms with E-state index in [0.29, 0.717) is 25.6 Å². The summed E-state index contributed by atoms with van der Waals surface area (Å²) in [6.45, 7) is 7.54. The first-order valence-corrected chi connectivity index (χ1v) is 12.1. The first kappa shape index (κ1) is 24.4. The van der Waals surface area contributed by atoms with Crippen molar-refractivity contribution < 1.29 is 14.6 Å². The molecule has 0 amide bonds. The third-order valence-corrected chi connectivity index (χ3v) is 5.86. The van der Waals surface area contributed by atoms with Crippen molar-refractivity contribution in [2.75, 3.05) is 6.61 Å². The molecule has 32 heavy (non-hydrogen) atoms. The zero-order valence-electron chi connectivity index (χ0n) is 19.1. The smallest absolute Gasteiger partial charge is 0.303 e. The first-order chi connectivity index (χ1) is 15.4. The molecule has 0 radical (unpaired) electrons. The number of carboxylic acid groups (broad SMARTS) is 1. The molecule has 0 fully saturated rings. The first-order valence-electron chi connectivity index (χ1n) is 11.3. The maximum absolute atomic E-state index is 10.9. The van der Waals surface area contributed by atoms with Crippen LogP contribution in [0.15, 0.2) is 35.1 Å². The standard InChI is InChI=1S/C25H32BrN3O3/c1-4-20-10-11-23-25(18-12-19(26)14-27-13-18)21(8-6-5-7-9-24(30)31)22(28-29(20)23)16-32-15-17(2)3/h10-14,17H,4-9,15-16H2,1-3H3,(H,30,31). The van der Waals surface area contributed by atoms with Gasteiger partial charge in [-0.3, -0.25) is 9.78 Å². The van der Waals surface area contributed by atoms with Gasteiger partial charge in [-0.15, -0.1) is 0 Å². The van der Waals surface area contributed by atoms with Gasteiger partial charge in [-0.25, -0.2) is 4.52 Å². The van der Waals surface area contributed by atoms with E-state index in [1.165, 1.54) is 0 Å². The predicted octanol–water partition coefficient (Wildman–Crippen LogP) is 6.08. The van der Waals surface area contributed by atoms with Crippen LogP contribution >= 0.6 is 15.9 Å². The lowest BCUT2D eigenvalue weighted by atomic mass is 9.95. The minimum atomic E-state index is -0.739. The number of hydrogen-bond acceptors (Lipinski definition) is 4. The number of nitrogens with zero attached hydrogens (tertiary/aromatic N) is 3. The van der Waals surface area contributed by atoms with Crippen molar-refractivity contribution in [2.45, 2.75) is 65.9 Å². The van der Waals surface area contributed by atoms with E-state index in [4.69, 9.17) is 14.9 Å². The highest BCUT2D eigenvalue weighted by Crippen LogP contribution is 2.34. The van der Waals surface area contributed by atoms with Crippen molar-refractivity contribution in [3.05, 3.63) is 52.0 Å². The predicted molar refractivity (Wildman–Crippen MR) is 130 cm³/mol. The zero-order chi connectivity index (χ0) is 23.1. The third-order valence-electron chi connectivity index (χ3n) is 5.42. The Bertz CT molecular complexity index is 1060. The molecule has 0 unspecified atom stereocenters. The van der Waals surface area contributed by atoms with Gasteiger partial charge in [0.15, 0.2) is 0 Å². The molecule has 0 spiro atoms. The fourth-order valence-corrected chi connectivity index (χ4v) is 4.29. The van der Waals surface area contributed by atoms with Crippen molar-refractivity contribution in [1.82, 2.24) is 14.6 Å². The molecular formula is C25H32BrN3O3. The van der Waals surface area contributed by atoms with Crippen LogP contribution in [0, 0.1) is 5.92 Å². The van der Waals surface area contributed by atoms with Gasteiger partial charge in [0.1, 0.15) is 0 Å². The fourth-order valence-electron chi connectivity index (χ4n) is 3.93. The minimum absolute atomic E-state index is 0.211. The summed E-state index contributed by atoms with van der Waals surface area (Å²) in [7, 11) is 0. The van der Waals surface area contributed by atoms with Crippen LogP contribution in [-0.2, 0) is 29.0 Å². The summed E-state index contributed by atoms with van der Waals surface area (Å²) in [4.78, 5) is 15.3. The number of hydrogen-bond donors (Lipinski definition) is 1. The Balaban J connectivity index is 2.06. The SMILES string of the molecule is CCc1ccc2c(-c3cncc(Br)c3)c(CCCCCC(=O)O)c(COCC(C)C)nn12. The highest BCUT2D eigenvalue weighted by atomic mass is 79.9. The summed E-state index contributed by atoms with van der Waals surface area (Å²) in [6.07, 6.45) is 8.04. The molecule has 0 atom stereocenters. The second kappa shape index (κ2) is 11.6. The van der Waals surface area contributed by atoms with E-state index >= 15 is 0 Å². The molecule has 0 bridgehead atoms. The van der Waals surface area contributed by atoms with Crippen molar-refractivity contribution in [1.29, 1.82) is 0 Å². The van der Waals surface area contributed by atoms with Gasteiger partial charge in [0, 0.05) is 46.7 Å². The van der Waals surface area contributed by atoms with Crippen molar-refractivity contribution in [3.8, 4) is 11.1 Å². The maximum Gasteiger partial charge on any atom is 0.303 e. The molecule has 0 aliphatic heterocycles. The molecule has 3 aromatic rings. The van der Waals surface area contributed by atoms with Crippen LogP contribution in [-0.4, -0.2) is 32.3 Å². The summed E-state index contributed by atoms with van der Waals surface area (Å²) < 4.78 is 8.98. The van der Waals surface area contributed by atoms with E-state index in [9.17, 15) is 4.79 Å². The highest BCUT2D eigenvalue weighted by Gasteiger charge is 2.19. The second-order valence-electron chi connectivity index (χ2n) is 8.53. The van der Waals surface area contributed by atoms with Gasteiger partial charge in [-0.2, -0.15) is 5.10 Å². The number of fused-ring (bicyclic) bond motifs is 1. The summed E-state index contributed by atoms with van der Waals surface area (Å²) in [5.41, 5.74) is 6.50. The van der Waals surface area contributed by atoms with E-state index in [1.807, 2.05) is 10.7 Å². The quantitative estimate of drug-likeness (QED) is 0.304. The molecule has 7 heteroatoms. The number of aromatic nitrogens is 3. The Kier molecular flexibility index (Phi) is 8.82. The molecule has 3 heterocycles. The van der Waals surface area contributed by atoms with E-state index in [0.717, 1.165) is 63.8 Å². The molecule has 3 aromatic heterocycles. The maximum atomic E-state index is 10.9. The molecule has 0 aliphatic carbocycles. The third kappa shape index (κ3) is 6.17. The van der Waals surface area contributed by atoms with Gasteiger partial charge in [-0.05, 0) is 71.3 Å². The molecule has 6 nitrogen and oxygen atoms in total. The van der Waals surface area contributed by atoms with Gasteiger partial charge in [-0.1, -0.05) is 27.2 Å². The largest absolute Gasteiger partial charge is 0.481 e. The summed E-state index contributed by atoms with van der Waals surface area (Å²) in [5, 5.41) is 13.9. The lowest BCUT2D eigenvalue weighted by Gasteiger charge is -2.18. The zero-order valence-corrected chi connectivity index (χ0v) is 20.7. The summed E-state index contributed by atoms with van der Waals surface area (Å²) in [6, 6.07) is 6.36. The highest BCUT2D eigenvalue weighted by molar-refractivity contribution is 9.10. The number of aliphatic carboxylic acids is 1. The molecule has 0 aliphatic rings. The number of ether oxygens (including phenoxy) is 1. The van der Waals surface area contributed by atoms with E-state index in [2.05, 4.69) is 59.9 Å². The van der Waals surface area contributed by atoms with Crippen LogP contribution in [0.3, 0.4) is 0 Å². The number of aryl methyl sites for hydroxylation is 1. The number of carboxylic acids is 1. The van der Waals surface area contributed by atoms with E-state index < -0.39 is 5.97 Å². The summed E-state index contributed by atoms with van der Waals surface area (Å²) in [5.74, 6) is -0.290. The monoisotopic (exact) mass is 501 g/mol. The number of halogens is 1. The Morgan fingerprint density at radius 2 is 2.03 bits per heavy atom. The van der Waals surface area contributed by atoms with E-state index in [-0.39, 0.29) is 6.42 Å². The van der Waals surface area contributed by atoms with Crippen LogP contribution in [0.25, 0.3) is 16.6 Å². The van der Waals surface area contributed by atoms with Gasteiger partial charge >= 0.3 is 5.97 Å². The van der Waals surface area contributed by atoms with Crippen LogP contribution in [0.2, 0.25) is 0 Å². The van der Waals surface area contributed by atoms with Gasteiger partial charge in [0.05, 0.1) is 17.8 Å². The van der Waals surface area contributed by atoms with Crippen molar-refractivity contribution >= 4 is 27.4 Å². The molecular weight excluding hydrogens is 470 g/mol. The molecule has 172 valence electrons. The Hall–Kier alpha value is -2.25. The molecule has 1 N–H and O–H groups in total. The average molecular weight is 502 g/mol. The molecule has 0 saturated heterocycles. The van der Waals surface area contributed by atoms with Gasteiger partial charge in [0.25, 0.3) is 0 Å². The van der Waals surface area contributed by atoms with Crippen molar-refractivity contribution in [3.63, 3.8) is 0 Å². The Morgan fingerprint density at radius 3 is 2.72 bits per heavy atom. The number of unbranched alkanes of at least 4 members (excludes halogenated alkanes) is 2. The Morgan fingerprint density at radius 1 is 1.22 bits per heavy atom. The van der Waals surface area contributed by atoms with Crippen LogP contribution < -0.4 is 0 Å². The van der Waals surface area contributed by atoms with Gasteiger partial charge in [0.2, 0.25) is 0 Å². The minimum Gasteiger partial charge on any atom is -0.481 e. The van der Waals surface area contributed by atoms with Gasteiger partial charge < -0.3 is 9.84 Å². The molecule has 0 saturated carbocycles. The number of pyridine rings is 1. The Labute approximate surface area is 198 Å². The van der Waals surface area contributed by atoms with Crippen molar-refractivity contribution in [2.24, 2.45) is 5.92 Å². The lowest BCUT2D eigenvalue weighted by molar-refractivity contribution is -0.137. The molecule has 0 aromatic carbocycles. The fraction of sp³-hybridized carbons (Fsp3) is 0.480. The lowest BCUT2D eigenvalue weighted by Crippen LogP contribution is -2.12. The number of rotatable bonds is 12. The topological polar surface area (TPSA) is 76.7 Å². The second-order valence-corrected chi connectivity index (χ2v) is 9.45.